The van der Waals surface area contributed by atoms with E-state index in [0.717, 1.165) is 28.9 Å². The predicted octanol–water partition coefficient (Wildman–Crippen LogP) is 2.53. The number of hydrogen-bond acceptors (Lipinski definition) is 7. The van der Waals surface area contributed by atoms with Crippen molar-refractivity contribution >= 4 is 11.4 Å². The first kappa shape index (κ1) is 21.1. The van der Waals surface area contributed by atoms with Gasteiger partial charge in [0, 0.05) is 24.2 Å². The van der Waals surface area contributed by atoms with Crippen LogP contribution in [0.2, 0.25) is 0 Å². The molecule has 0 saturated carbocycles. The van der Waals surface area contributed by atoms with Crippen LogP contribution < -0.4 is 10.6 Å². The van der Waals surface area contributed by atoms with Gasteiger partial charge >= 0.3 is 0 Å². The second kappa shape index (κ2) is 9.32. The molecule has 0 spiro atoms. The first-order chi connectivity index (χ1) is 14.6. The molecule has 5 N–H and O–H groups in total. The van der Waals surface area contributed by atoms with E-state index in [1.165, 1.54) is 0 Å². The van der Waals surface area contributed by atoms with Crippen molar-refractivity contribution in [2.75, 3.05) is 17.2 Å². The Kier molecular flexibility index (Phi) is 6.55. The first-order valence-electron chi connectivity index (χ1n) is 10.6. The summed E-state index contributed by atoms with van der Waals surface area (Å²) in [6.07, 6.45) is -0.312. The second-order valence-corrected chi connectivity index (χ2v) is 7.97. The number of anilines is 2. The average molecular weight is 415 g/mol. The maximum atomic E-state index is 9.98. The molecular formula is C23H30N2O5. The highest BCUT2D eigenvalue weighted by molar-refractivity contribution is 5.68. The molecule has 2 aromatic rings. The van der Waals surface area contributed by atoms with E-state index in [9.17, 15) is 15.3 Å². The van der Waals surface area contributed by atoms with Crippen molar-refractivity contribution in [1.29, 1.82) is 0 Å². The molecule has 0 amide bonds. The number of aliphatic hydroxyl groups is 3. The summed E-state index contributed by atoms with van der Waals surface area (Å²) in [6.45, 7) is 1.83. The van der Waals surface area contributed by atoms with Gasteiger partial charge in [-0.2, -0.15) is 0 Å². The van der Waals surface area contributed by atoms with Crippen LogP contribution in [0.15, 0.2) is 48.5 Å². The molecule has 2 aliphatic rings. The SMILES string of the molecule is CCC1OC(Nc2ccc(-c3ccc(NC4CC(O)C(CO)O4)cc3)cc2)CC1O. The Labute approximate surface area is 176 Å². The molecule has 0 bridgehead atoms. The predicted molar refractivity (Wildman–Crippen MR) is 115 cm³/mol. The lowest BCUT2D eigenvalue weighted by atomic mass is 10.0. The molecule has 2 saturated heterocycles. The smallest absolute Gasteiger partial charge is 0.130 e. The van der Waals surface area contributed by atoms with Crippen LogP contribution in [0.1, 0.15) is 26.2 Å². The average Bonchev–Trinajstić information content (AvgIpc) is 3.30. The molecule has 4 rings (SSSR count). The van der Waals surface area contributed by atoms with E-state index in [4.69, 9.17) is 9.47 Å². The Morgan fingerprint density at radius 3 is 1.57 bits per heavy atom. The maximum absolute atomic E-state index is 9.98. The van der Waals surface area contributed by atoms with E-state index < -0.39 is 18.3 Å². The highest BCUT2D eigenvalue weighted by atomic mass is 16.5. The molecule has 2 fully saturated rings. The van der Waals surface area contributed by atoms with Gasteiger partial charge in [0.2, 0.25) is 0 Å². The zero-order valence-electron chi connectivity index (χ0n) is 17.1. The molecule has 2 aliphatic heterocycles. The fourth-order valence-electron chi connectivity index (χ4n) is 4.07. The van der Waals surface area contributed by atoms with Crippen LogP contribution >= 0.6 is 0 Å². The molecule has 0 aliphatic carbocycles. The van der Waals surface area contributed by atoms with Crippen molar-refractivity contribution in [3.8, 4) is 11.1 Å². The van der Waals surface area contributed by atoms with Crippen molar-refractivity contribution in [2.45, 2.75) is 63.1 Å². The van der Waals surface area contributed by atoms with Crippen LogP contribution in [0.25, 0.3) is 11.1 Å². The monoisotopic (exact) mass is 414 g/mol. The van der Waals surface area contributed by atoms with Crippen molar-refractivity contribution in [1.82, 2.24) is 0 Å². The standard InChI is InChI=1S/C23H30N2O5/c1-2-20-18(27)11-22(29-20)24-16-7-3-14(4-8-16)15-5-9-17(10-6-15)25-23-12-19(28)21(13-26)30-23/h3-10,18-28H,2,11-13H2,1H3. The van der Waals surface area contributed by atoms with E-state index in [2.05, 4.69) is 22.8 Å². The summed E-state index contributed by atoms with van der Waals surface area (Å²) in [4.78, 5) is 0. The fourth-order valence-corrected chi connectivity index (χ4v) is 4.07. The summed E-state index contributed by atoms with van der Waals surface area (Å²) in [5, 5.41) is 35.6. The Hall–Kier alpha value is -2.16. The highest BCUT2D eigenvalue weighted by Crippen LogP contribution is 2.28. The van der Waals surface area contributed by atoms with Gasteiger partial charge < -0.3 is 35.4 Å². The molecule has 30 heavy (non-hydrogen) atoms. The molecular weight excluding hydrogens is 384 g/mol. The minimum Gasteiger partial charge on any atom is -0.394 e. The quantitative estimate of drug-likeness (QED) is 0.474. The lowest BCUT2D eigenvalue weighted by molar-refractivity contribution is -0.0149. The van der Waals surface area contributed by atoms with Gasteiger partial charge in [-0.3, -0.25) is 0 Å². The topological polar surface area (TPSA) is 103 Å². The third-order valence-electron chi connectivity index (χ3n) is 5.79. The van der Waals surface area contributed by atoms with Gasteiger partial charge in [-0.1, -0.05) is 31.2 Å². The van der Waals surface area contributed by atoms with E-state index in [-0.39, 0.29) is 25.2 Å². The van der Waals surface area contributed by atoms with Gasteiger partial charge in [0.25, 0.3) is 0 Å². The van der Waals surface area contributed by atoms with E-state index in [1.807, 2.05) is 43.3 Å². The van der Waals surface area contributed by atoms with Crippen LogP contribution in [0, 0.1) is 0 Å². The number of hydrogen-bond donors (Lipinski definition) is 5. The molecule has 7 heteroatoms. The summed E-state index contributed by atoms with van der Waals surface area (Å²) >= 11 is 0. The van der Waals surface area contributed by atoms with Crippen LogP contribution in [0.3, 0.4) is 0 Å². The van der Waals surface area contributed by atoms with Gasteiger partial charge in [-0.05, 0) is 41.8 Å². The van der Waals surface area contributed by atoms with Crippen molar-refractivity contribution in [3.05, 3.63) is 48.5 Å². The highest BCUT2D eigenvalue weighted by Gasteiger charge is 2.33. The summed E-state index contributed by atoms with van der Waals surface area (Å²) in [6, 6.07) is 16.1. The van der Waals surface area contributed by atoms with Crippen molar-refractivity contribution < 1.29 is 24.8 Å². The molecule has 0 radical (unpaired) electrons. The number of aliphatic hydroxyl groups excluding tert-OH is 3. The molecule has 2 aromatic carbocycles. The number of nitrogens with one attached hydrogen (secondary N) is 2. The summed E-state index contributed by atoms with van der Waals surface area (Å²) in [5.74, 6) is 0. The first-order valence-corrected chi connectivity index (χ1v) is 10.6. The largest absolute Gasteiger partial charge is 0.394 e. The maximum Gasteiger partial charge on any atom is 0.130 e. The molecule has 2 heterocycles. The molecule has 6 unspecified atom stereocenters. The van der Waals surface area contributed by atoms with Gasteiger partial charge in [0.05, 0.1) is 24.9 Å². The van der Waals surface area contributed by atoms with Gasteiger partial charge in [0.1, 0.15) is 18.6 Å². The van der Waals surface area contributed by atoms with Crippen molar-refractivity contribution in [3.63, 3.8) is 0 Å². The summed E-state index contributed by atoms with van der Waals surface area (Å²) in [7, 11) is 0. The molecule has 0 aromatic heterocycles. The Morgan fingerprint density at radius 1 is 0.767 bits per heavy atom. The van der Waals surface area contributed by atoms with E-state index >= 15 is 0 Å². The normalized spacial score (nSPS) is 31.1. The van der Waals surface area contributed by atoms with Crippen molar-refractivity contribution in [2.24, 2.45) is 0 Å². The van der Waals surface area contributed by atoms with Gasteiger partial charge in [0.15, 0.2) is 0 Å². The Bertz CT molecular complexity index is 744. The number of ether oxygens (including phenoxy) is 2. The lowest BCUT2D eigenvalue weighted by Crippen LogP contribution is -2.25. The fraction of sp³-hybridized carbons (Fsp3) is 0.478. The molecule has 6 atom stereocenters. The Balaban J connectivity index is 1.33. The molecule has 162 valence electrons. The molecule has 7 nitrogen and oxygen atoms in total. The third kappa shape index (κ3) is 4.77. The van der Waals surface area contributed by atoms with E-state index in [1.54, 1.807) is 0 Å². The number of rotatable bonds is 7. The van der Waals surface area contributed by atoms with Crippen LogP contribution in [0.5, 0.6) is 0 Å². The lowest BCUT2D eigenvalue weighted by Gasteiger charge is -2.16. The van der Waals surface area contributed by atoms with Crippen LogP contribution in [-0.2, 0) is 9.47 Å². The van der Waals surface area contributed by atoms with Crippen LogP contribution in [-0.4, -0.2) is 58.8 Å². The minimum absolute atomic E-state index is 0.0960. The number of benzene rings is 2. The van der Waals surface area contributed by atoms with Gasteiger partial charge in [-0.15, -0.1) is 0 Å². The zero-order chi connectivity index (χ0) is 21.1. The second-order valence-electron chi connectivity index (χ2n) is 7.97. The summed E-state index contributed by atoms with van der Waals surface area (Å²) < 4.78 is 11.4. The van der Waals surface area contributed by atoms with Crippen LogP contribution in [0.4, 0.5) is 11.4 Å². The zero-order valence-corrected chi connectivity index (χ0v) is 17.1. The minimum atomic E-state index is -0.648. The third-order valence-corrected chi connectivity index (χ3v) is 5.79. The Morgan fingerprint density at radius 2 is 1.20 bits per heavy atom. The summed E-state index contributed by atoms with van der Waals surface area (Å²) in [5.41, 5.74) is 4.04. The van der Waals surface area contributed by atoms with Gasteiger partial charge in [-0.25, -0.2) is 0 Å². The van der Waals surface area contributed by atoms with E-state index in [0.29, 0.717) is 12.8 Å².